The van der Waals surface area contributed by atoms with Crippen molar-refractivity contribution in [1.29, 1.82) is 0 Å². The van der Waals surface area contributed by atoms with E-state index in [0.29, 0.717) is 24.2 Å². The van der Waals surface area contributed by atoms with Crippen molar-refractivity contribution >= 4 is 15.7 Å². The van der Waals surface area contributed by atoms with Crippen molar-refractivity contribution in [3.05, 3.63) is 35.4 Å². The first-order valence-corrected chi connectivity index (χ1v) is 8.65. The Kier molecular flexibility index (Phi) is 4.45. The Morgan fingerprint density at radius 2 is 2.00 bits per heavy atom. The molecule has 0 aromatic heterocycles. The summed E-state index contributed by atoms with van der Waals surface area (Å²) in [4.78, 5) is 13.9. The van der Waals surface area contributed by atoms with Crippen LogP contribution in [0.5, 0.6) is 0 Å². The molecule has 0 spiro atoms. The maximum Gasteiger partial charge on any atom is 0.253 e. The second kappa shape index (κ2) is 5.93. The molecule has 0 saturated carbocycles. The molecule has 1 amide bonds. The molecule has 0 unspecified atom stereocenters. The minimum Gasteiger partial charge on any atom is -0.391 e. The molecule has 1 aliphatic rings. The molecular formula is C14H19NO4S. The largest absolute Gasteiger partial charge is 0.391 e. The molecule has 1 N–H and O–H groups in total. The molecule has 1 aromatic rings. The zero-order chi connectivity index (χ0) is 14.8. The van der Waals surface area contributed by atoms with Crippen LogP contribution in [0.15, 0.2) is 24.3 Å². The monoisotopic (exact) mass is 297 g/mol. The summed E-state index contributed by atoms with van der Waals surface area (Å²) in [6.45, 7) is 1.02. The number of hydrogen-bond donors (Lipinski definition) is 1. The fourth-order valence-electron chi connectivity index (χ4n) is 2.37. The van der Waals surface area contributed by atoms with Crippen LogP contribution in [0.1, 0.15) is 28.8 Å². The van der Waals surface area contributed by atoms with Gasteiger partial charge in [0.05, 0.1) is 11.9 Å². The lowest BCUT2D eigenvalue weighted by molar-refractivity contribution is 0.0474. The topological polar surface area (TPSA) is 74.7 Å². The normalized spacial score (nSPS) is 19.9. The molecule has 1 aromatic carbocycles. The van der Waals surface area contributed by atoms with E-state index in [1.165, 1.54) is 6.26 Å². The predicted molar refractivity (Wildman–Crippen MR) is 76.1 cm³/mol. The van der Waals surface area contributed by atoms with Gasteiger partial charge in [0.25, 0.3) is 5.91 Å². The Balaban J connectivity index is 2.07. The van der Waals surface area contributed by atoms with Crippen molar-refractivity contribution in [2.75, 3.05) is 19.3 Å². The van der Waals surface area contributed by atoms with Gasteiger partial charge in [0.2, 0.25) is 0 Å². The SMILES string of the molecule is CS(=O)(=O)Cc1ccc(C(=O)N2CCC[C@H](O)C2)cc1. The number of carbonyl (C=O) groups excluding carboxylic acids is 1. The van der Waals surface area contributed by atoms with E-state index in [0.717, 1.165) is 12.8 Å². The van der Waals surface area contributed by atoms with E-state index in [9.17, 15) is 18.3 Å². The van der Waals surface area contributed by atoms with E-state index < -0.39 is 15.9 Å². The van der Waals surface area contributed by atoms with E-state index in [4.69, 9.17) is 0 Å². The number of aliphatic hydroxyl groups is 1. The maximum absolute atomic E-state index is 12.2. The molecule has 0 aliphatic carbocycles. The van der Waals surface area contributed by atoms with E-state index in [1.54, 1.807) is 29.2 Å². The summed E-state index contributed by atoms with van der Waals surface area (Å²) in [5.74, 6) is -0.140. The number of sulfone groups is 1. The van der Waals surface area contributed by atoms with Crippen molar-refractivity contribution < 1.29 is 18.3 Å². The Hall–Kier alpha value is -1.40. The maximum atomic E-state index is 12.2. The van der Waals surface area contributed by atoms with Gasteiger partial charge in [-0.15, -0.1) is 0 Å². The molecule has 0 radical (unpaired) electrons. The van der Waals surface area contributed by atoms with Gasteiger partial charge in [-0.05, 0) is 30.5 Å². The fraction of sp³-hybridized carbons (Fsp3) is 0.500. The minimum absolute atomic E-state index is 0.0239. The zero-order valence-electron chi connectivity index (χ0n) is 11.4. The van der Waals surface area contributed by atoms with Crippen molar-refractivity contribution in [1.82, 2.24) is 4.90 Å². The molecule has 1 heterocycles. The molecule has 1 fully saturated rings. The van der Waals surface area contributed by atoms with Crippen LogP contribution in [0.25, 0.3) is 0 Å². The molecule has 6 heteroatoms. The van der Waals surface area contributed by atoms with Crippen LogP contribution in [-0.4, -0.2) is 49.8 Å². The van der Waals surface area contributed by atoms with Gasteiger partial charge >= 0.3 is 0 Å². The molecule has 2 rings (SSSR count). The lowest BCUT2D eigenvalue weighted by atomic mass is 10.1. The third kappa shape index (κ3) is 4.05. The molecule has 1 saturated heterocycles. The first kappa shape index (κ1) is 15.0. The summed E-state index contributed by atoms with van der Waals surface area (Å²) in [6.07, 6.45) is 2.27. The number of piperidine rings is 1. The van der Waals surface area contributed by atoms with Crippen molar-refractivity contribution in [2.24, 2.45) is 0 Å². The summed E-state index contributed by atoms with van der Waals surface area (Å²) in [6, 6.07) is 6.61. The summed E-state index contributed by atoms with van der Waals surface area (Å²) >= 11 is 0. The van der Waals surface area contributed by atoms with Gasteiger partial charge in [0.15, 0.2) is 9.84 Å². The smallest absolute Gasteiger partial charge is 0.253 e. The molecule has 1 aliphatic heterocycles. The molecule has 20 heavy (non-hydrogen) atoms. The third-order valence-electron chi connectivity index (χ3n) is 3.31. The first-order chi connectivity index (χ1) is 9.35. The second-order valence-corrected chi connectivity index (χ2v) is 7.45. The summed E-state index contributed by atoms with van der Waals surface area (Å²) in [5, 5.41) is 9.59. The zero-order valence-corrected chi connectivity index (χ0v) is 12.3. The average molecular weight is 297 g/mol. The van der Waals surface area contributed by atoms with Gasteiger partial charge < -0.3 is 10.0 Å². The Morgan fingerprint density at radius 3 is 2.55 bits per heavy atom. The van der Waals surface area contributed by atoms with Crippen LogP contribution in [0.2, 0.25) is 0 Å². The predicted octanol–water partition coefficient (Wildman–Crippen LogP) is 0.828. The number of hydrogen-bond acceptors (Lipinski definition) is 4. The highest BCUT2D eigenvalue weighted by Crippen LogP contribution is 2.15. The van der Waals surface area contributed by atoms with Gasteiger partial charge in [0.1, 0.15) is 0 Å². The van der Waals surface area contributed by atoms with Gasteiger partial charge in [0, 0.05) is 24.9 Å². The van der Waals surface area contributed by atoms with Crippen molar-refractivity contribution in [3.8, 4) is 0 Å². The number of aliphatic hydroxyl groups excluding tert-OH is 1. The summed E-state index contributed by atoms with van der Waals surface area (Å²) in [5.41, 5.74) is 1.19. The number of likely N-dealkylation sites (tertiary alicyclic amines) is 1. The average Bonchev–Trinajstić information content (AvgIpc) is 2.37. The van der Waals surface area contributed by atoms with E-state index >= 15 is 0 Å². The number of carbonyl (C=O) groups is 1. The molecule has 110 valence electrons. The minimum atomic E-state index is -3.07. The number of benzene rings is 1. The molecule has 5 nitrogen and oxygen atoms in total. The van der Waals surface area contributed by atoms with Crippen LogP contribution in [-0.2, 0) is 15.6 Å². The lowest BCUT2D eigenvalue weighted by Crippen LogP contribution is -2.42. The third-order valence-corrected chi connectivity index (χ3v) is 4.17. The standard InChI is InChI=1S/C14H19NO4S/c1-20(18,19)10-11-4-6-12(7-5-11)14(17)15-8-2-3-13(16)9-15/h4-7,13,16H,2-3,8-10H2,1H3/t13-/m0/s1. The lowest BCUT2D eigenvalue weighted by Gasteiger charge is -2.30. The van der Waals surface area contributed by atoms with Crippen LogP contribution >= 0.6 is 0 Å². The Morgan fingerprint density at radius 1 is 1.35 bits per heavy atom. The van der Waals surface area contributed by atoms with Crippen LogP contribution in [0, 0.1) is 0 Å². The van der Waals surface area contributed by atoms with E-state index in [-0.39, 0.29) is 11.7 Å². The quantitative estimate of drug-likeness (QED) is 0.896. The van der Waals surface area contributed by atoms with Crippen molar-refractivity contribution in [3.63, 3.8) is 0 Å². The first-order valence-electron chi connectivity index (χ1n) is 6.59. The highest BCUT2D eigenvalue weighted by Gasteiger charge is 2.22. The van der Waals surface area contributed by atoms with Crippen LogP contribution in [0.3, 0.4) is 0 Å². The van der Waals surface area contributed by atoms with Crippen LogP contribution in [0.4, 0.5) is 0 Å². The summed E-state index contributed by atoms with van der Waals surface area (Å²) in [7, 11) is -3.07. The Labute approximate surface area is 119 Å². The van der Waals surface area contributed by atoms with Gasteiger partial charge in [-0.1, -0.05) is 12.1 Å². The Bertz CT molecular complexity index is 580. The van der Waals surface area contributed by atoms with E-state index in [2.05, 4.69) is 0 Å². The van der Waals surface area contributed by atoms with Gasteiger partial charge in [-0.3, -0.25) is 4.79 Å². The van der Waals surface area contributed by atoms with E-state index in [1.807, 2.05) is 0 Å². The molecular weight excluding hydrogens is 278 g/mol. The highest BCUT2D eigenvalue weighted by atomic mass is 32.2. The summed E-state index contributed by atoms with van der Waals surface area (Å²) < 4.78 is 22.4. The van der Waals surface area contributed by atoms with Crippen molar-refractivity contribution in [2.45, 2.75) is 24.7 Å². The second-order valence-electron chi connectivity index (χ2n) is 5.31. The van der Waals surface area contributed by atoms with Crippen LogP contribution < -0.4 is 0 Å². The van der Waals surface area contributed by atoms with Gasteiger partial charge in [-0.2, -0.15) is 0 Å². The molecule has 0 bridgehead atoms. The number of amides is 1. The molecule has 1 atom stereocenters. The fourth-order valence-corrected chi connectivity index (χ4v) is 3.17. The van der Waals surface area contributed by atoms with Gasteiger partial charge in [-0.25, -0.2) is 8.42 Å². The highest BCUT2D eigenvalue weighted by molar-refractivity contribution is 7.89. The number of rotatable bonds is 3. The number of nitrogens with zero attached hydrogens (tertiary/aromatic N) is 1. The number of β-amino-alcohol motifs (C(OH)–C–C–N with tert-alkyl or cyclic N) is 1.